The molecule has 1 amide bonds. The van der Waals surface area contributed by atoms with Gasteiger partial charge < -0.3 is 15.2 Å². The number of amides is 1. The number of hydrogen-bond donors (Lipinski definition) is 2. The van der Waals surface area contributed by atoms with Crippen LogP contribution in [0.4, 0.5) is 4.39 Å². The highest BCUT2D eigenvalue weighted by Crippen LogP contribution is 2.62. The fraction of sp³-hybridized carbons (Fsp3) is 0.640. The summed E-state index contributed by atoms with van der Waals surface area (Å²) in [5.41, 5.74) is 1.37. The lowest BCUT2D eigenvalue weighted by Gasteiger charge is -2.68. The molecule has 6 saturated carbocycles. The second kappa shape index (κ2) is 6.81. The van der Waals surface area contributed by atoms with Crippen molar-refractivity contribution in [2.75, 3.05) is 6.61 Å². The summed E-state index contributed by atoms with van der Waals surface area (Å²) in [4.78, 5) is 13.1. The fourth-order valence-corrected chi connectivity index (χ4v) is 6.49. The number of carbonyl (C=O) groups is 1. The third kappa shape index (κ3) is 3.08. The van der Waals surface area contributed by atoms with Gasteiger partial charge in [-0.3, -0.25) is 4.79 Å². The maximum absolute atomic E-state index is 13.1. The summed E-state index contributed by atoms with van der Waals surface area (Å²) >= 11 is 0. The predicted octanol–water partition coefficient (Wildman–Crippen LogP) is 4.70. The van der Waals surface area contributed by atoms with Gasteiger partial charge in [0.15, 0.2) is 0 Å². The van der Waals surface area contributed by atoms with Crippen LogP contribution in [0.5, 0.6) is 5.75 Å². The van der Waals surface area contributed by atoms with Crippen LogP contribution >= 0.6 is 0 Å². The maximum atomic E-state index is 13.1. The minimum atomic E-state index is -0.477. The zero-order valence-electron chi connectivity index (χ0n) is 17.8. The molecule has 6 fully saturated rings. The standard InChI is InChI=1S/C25H32FNO3/c1-2-18(13-26)14-30-20-5-3-19(4-6-20)22-7-10-23(11-8-22,12-9-22)21(28)27-24-15-25(29,16-24)17-24/h3-6,13,29H,2,7-12,14-17H2,1H3,(H,27,28)/b18-13+. The summed E-state index contributed by atoms with van der Waals surface area (Å²) in [5.74, 6) is 0.998. The Morgan fingerprint density at radius 1 is 1.10 bits per heavy atom. The molecular formula is C25H32FNO3. The van der Waals surface area contributed by atoms with Crippen molar-refractivity contribution in [3.05, 3.63) is 41.7 Å². The normalized spacial score (nSPS) is 39.1. The summed E-state index contributed by atoms with van der Waals surface area (Å²) < 4.78 is 18.4. The van der Waals surface area contributed by atoms with Crippen molar-refractivity contribution in [3.8, 4) is 5.75 Å². The smallest absolute Gasteiger partial charge is 0.226 e. The Kier molecular flexibility index (Phi) is 4.55. The van der Waals surface area contributed by atoms with Gasteiger partial charge in [0.25, 0.3) is 0 Å². The number of ether oxygens (including phenoxy) is 1. The summed E-state index contributed by atoms with van der Waals surface area (Å²) in [6.45, 7) is 2.20. The number of halogens is 1. The van der Waals surface area contributed by atoms with Crippen LogP contribution < -0.4 is 10.1 Å². The van der Waals surface area contributed by atoms with Crippen LogP contribution in [0.1, 0.15) is 76.7 Å². The Hall–Kier alpha value is -1.88. The van der Waals surface area contributed by atoms with E-state index in [1.54, 1.807) is 0 Å². The van der Waals surface area contributed by atoms with Crippen LogP contribution in [0.3, 0.4) is 0 Å². The number of hydrogen-bond acceptors (Lipinski definition) is 3. The Morgan fingerprint density at radius 2 is 1.70 bits per heavy atom. The average molecular weight is 414 g/mol. The zero-order valence-corrected chi connectivity index (χ0v) is 17.8. The molecular weight excluding hydrogens is 381 g/mol. The van der Waals surface area contributed by atoms with E-state index >= 15 is 0 Å². The van der Waals surface area contributed by atoms with E-state index in [9.17, 15) is 14.3 Å². The number of nitrogens with one attached hydrogen (secondary N) is 1. The van der Waals surface area contributed by atoms with Gasteiger partial charge in [-0.05, 0) is 92.9 Å². The van der Waals surface area contributed by atoms with Gasteiger partial charge in [-0.2, -0.15) is 0 Å². The lowest BCUT2D eigenvalue weighted by atomic mass is 9.45. The van der Waals surface area contributed by atoms with Crippen LogP contribution in [-0.4, -0.2) is 28.8 Å². The molecule has 5 heteroatoms. The van der Waals surface area contributed by atoms with Crippen molar-refractivity contribution in [2.24, 2.45) is 5.41 Å². The van der Waals surface area contributed by atoms with Gasteiger partial charge in [0, 0.05) is 11.0 Å². The van der Waals surface area contributed by atoms with Crippen molar-refractivity contribution in [1.82, 2.24) is 5.32 Å². The molecule has 7 rings (SSSR count). The van der Waals surface area contributed by atoms with Gasteiger partial charge in [-0.25, -0.2) is 4.39 Å². The van der Waals surface area contributed by atoms with Gasteiger partial charge in [-0.1, -0.05) is 19.1 Å². The van der Waals surface area contributed by atoms with E-state index in [1.807, 2.05) is 19.1 Å². The third-order valence-electron chi connectivity index (χ3n) is 8.61. The average Bonchev–Trinajstić information content (AvgIpc) is 2.74. The fourth-order valence-electron chi connectivity index (χ4n) is 6.49. The van der Waals surface area contributed by atoms with Crippen LogP contribution in [0, 0.1) is 5.41 Å². The van der Waals surface area contributed by atoms with Gasteiger partial charge in [-0.15, -0.1) is 0 Å². The third-order valence-corrected chi connectivity index (χ3v) is 8.61. The Labute approximate surface area is 177 Å². The first-order valence-electron chi connectivity index (χ1n) is 11.4. The summed E-state index contributed by atoms with van der Waals surface area (Å²) in [5, 5.41) is 13.3. The van der Waals surface area contributed by atoms with Crippen LogP contribution in [-0.2, 0) is 10.2 Å². The van der Waals surface area contributed by atoms with Crippen molar-refractivity contribution in [3.63, 3.8) is 0 Å². The molecule has 1 aromatic carbocycles. The molecule has 0 aromatic heterocycles. The molecule has 0 atom stereocenters. The number of benzene rings is 1. The number of rotatable bonds is 7. The Bertz CT molecular complexity index is 831. The summed E-state index contributed by atoms with van der Waals surface area (Å²) in [6, 6.07) is 8.29. The molecule has 0 aliphatic heterocycles. The molecule has 0 heterocycles. The highest BCUT2D eigenvalue weighted by Gasteiger charge is 2.69. The van der Waals surface area contributed by atoms with E-state index in [-0.39, 0.29) is 28.9 Å². The van der Waals surface area contributed by atoms with Crippen molar-refractivity contribution in [2.45, 2.75) is 87.7 Å². The first kappa shape index (κ1) is 20.0. The molecule has 0 spiro atoms. The Balaban J connectivity index is 1.20. The molecule has 162 valence electrons. The van der Waals surface area contributed by atoms with Crippen molar-refractivity contribution < 1.29 is 19.0 Å². The quantitative estimate of drug-likeness (QED) is 0.681. The Morgan fingerprint density at radius 3 is 2.20 bits per heavy atom. The highest BCUT2D eigenvalue weighted by molar-refractivity contribution is 5.84. The van der Waals surface area contributed by atoms with Gasteiger partial charge >= 0.3 is 0 Å². The van der Waals surface area contributed by atoms with E-state index in [0.717, 1.165) is 63.5 Å². The molecule has 0 radical (unpaired) electrons. The van der Waals surface area contributed by atoms with E-state index < -0.39 is 5.60 Å². The van der Waals surface area contributed by atoms with E-state index in [4.69, 9.17) is 4.74 Å². The maximum Gasteiger partial charge on any atom is 0.226 e. The van der Waals surface area contributed by atoms with Crippen LogP contribution in [0.25, 0.3) is 0 Å². The van der Waals surface area contributed by atoms with Crippen molar-refractivity contribution in [1.29, 1.82) is 0 Å². The molecule has 6 aliphatic rings. The number of fused-ring (bicyclic) bond motifs is 3. The second-order valence-electron chi connectivity index (χ2n) is 10.5. The molecule has 4 nitrogen and oxygen atoms in total. The zero-order chi connectivity index (χ0) is 21.0. The van der Waals surface area contributed by atoms with Crippen molar-refractivity contribution >= 4 is 5.91 Å². The monoisotopic (exact) mass is 413 g/mol. The molecule has 0 unspecified atom stereocenters. The SMILES string of the molecule is CC/C(=C\F)COc1ccc(C23CCC(C(=O)NC45CC(O)(C4)C5)(CC2)CC3)cc1. The summed E-state index contributed by atoms with van der Waals surface area (Å²) in [6.07, 6.45) is 9.45. The molecule has 0 saturated heterocycles. The first-order chi connectivity index (χ1) is 14.3. The van der Waals surface area contributed by atoms with E-state index in [1.165, 1.54) is 5.56 Å². The minimum Gasteiger partial charge on any atom is -0.489 e. The van der Waals surface area contributed by atoms with Gasteiger partial charge in [0.1, 0.15) is 12.4 Å². The number of aliphatic hydroxyl groups is 1. The van der Waals surface area contributed by atoms with Gasteiger partial charge in [0.05, 0.1) is 11.9 Å². The lowest BCUT2D eigenvalue weighted by molar-refractivity contribution is -0.223. The van der Waals surface area contributed by atoms with Crippen LogP contribution in [0.2, 0.25) is 0 Å². The molecule has 4 bridgehead atoms. The van der Waals surface area contributed by atoms with E-state index in [0.29, 0.717) is 18.3 Å². The second-order valence-corrected chi connectivity index (χ2v) is 10.5. The largest absolute Gasteiger partial charge is 0.489 e. The summed E-state index contributed by atoms with van der Waals surface area (Å²) in [7, 11) is 0. The topological polar surface area (TPSA) is 58.6 Å². The predicted molar refractivity (Wildman–Crippen MR) is 113 cm³/mol. The highest BCUT2D eigenvalue weighted by atomic mass is 19.1. The van der Waals surface area contributed by atoms with Gasteiger partial charge in [0.2, 0.25) is 5.91 Å². The molecule has 2 N–H and O–H groups in total. The molecule has 6 aliphatic carbocycles. The van der Waals surface area contributed by atoms with E-state index in [2.05, 4.69) is 17.4 Å². The lowest BCUT2D eigenvalue weighted by Crippen LogP contribution is -2.79. The minimum absolute atomic E-state index is 0.0998. The molecule has 1 aromatic rings. The molecule has 30 heavy (non-hydrogen) atoms. The first-order valence-corrected chi connectivity index (χ1v) is 11.4. The van der Waals surface area contributed by atoms with Crippen LogP contribution in [0.15, 0.2) is 36.2 Å². The number of carbonyl (C=O) groups excluding carboxylic acids is 1.